The molecule has 0 aliphatic rings. The van der Waals surface area contributed by atoms with Crippen molar-refractivity contribution in [2.24, 2.45) is 0 Å². The lowest BCUT2D eigenvalue weighted by Crippen LogP contribution is -2.17. The number of carbonyl (C=O) groups is 1. The third-order valence-electron chi connectivity index (χ3n) is 2.45. The van der Waals surface area contributed by atoms with Crippen LogP contribution in [0.1, 0.15) is 13.8 Å². The van der Waals surface area contributed by atoms with Crippen LogP contribution in [0.4, 0.5) is 10.5 Å². The molecule has 0 bridgehead atoms. The largest absolute Gasteiger partial charge is 0.447 e. The minimum absolute atomic E-state index is 0.167. The van der Waals surface area contributed by atoms with Gasteiger partial charge in [-0.05, 0) is 32.0 Å². The zero-order valence-electron chi connectivity index (χ0n) is 11.2. The predicted octanol–water partition coefficient (Wildman–Crippen LogP) is 2.39. The van der Waals surface area contributed by atoms with Gasteiger partial charge in [0.25, 0.3) is 5.56 Å². The molecular formula is C14H15N3O3. The Bertz CT molecular complexity index is 627. The lowest BCUT2D eigenvalue weighted by Gasteiger charge is -2.09. The number of ether oxygens (including phenoxy) is 1. The Morgan fingerprint density at radius 2 is 1.90 bits per heavy atom. The molecular weight excluding hydrogens is 258 g/mol. The second-order valence-corrected chi connectivity index (χ2v) is 4.46. The maximum Gasteiger partial charge on any atom is 0.411 e. The van der Waals surface area contributed by atoms with Gasteiger partial charge in [-0.2, -0.15) is 5.10 Å². The number of rotatable bonds is 3. The fourth-order valence-corrected chi connectivity index (χ4v) is 1.59. The fourth-order valence-electron chi connectivity index (χ4n) is 1.59. The number of H-pyrrole nitrogens is 1. The molecule has 2 N–H and O–H groups in total. The van der Waals surface area contributed by atoms with Crippen LogP contribution in [0.2, 0.25) is 0 Å². The van der Waals surface area contributed by atoms with Gasteiger partial charge in [-0.25, -0.2) is 9.89 Å². The van der Waals surface area contributed by atoms with Gasteiger partial charge in [0.1, 0.15) is 0 Å². The second kappa shape index (κ2) is 6.01. The molecule has 0 aliphatic heterocycles. The number of anilines is 1. The van der Waals surface area contributed by atoms with Gasteiger partial charge < -0.3 is 4.74 Å². The monoisotopic (exact) mass is 273 g/mol. The molecule has 0 spiro atoms. The van der Waals surface area contributed by atoms with Crippen molar-refractivity contribution in [1.29, 1.82) is 0 Å². The molecule has 2 aromatic rings. The van der Waals surface area contributed by atoms with Crippen molar-refractivity contribution in [3.05, 3.63) is 46.8 Å². The van der Waals surface area contributed by atoms with E-state index in [1.165, 1.54) is 6.07 Å². The van der Waals surface area contributed by atoms with Crippen LogP contribution in [-0.2, 0) is 4.74 Å². The van der Waals surface area contributed by atoms with E-state index >= 15 is 0 Å². The molecule has 1 aromatic heterocycles. The number of carbonyl (C=O) groups excluding carboxylic acids is 1. The Kier molecular flexibility index (Phi) is 4.14. The van der Waals surface area contributed by atoms with E-state index in [9.17, 15) is 9.59 Å². The van der Waals surface area contributed by atoms with E-state index in [0.29, 0.717) is 11.4 Å². The van der Waals surface area contributed by atoms with E-state index in [0.717, 1.165) is 5.56 Å². The summed E-state index contributed by atoms with van der Waals surface area (Å²) < 4.78 is 4.98. The minimum atomic E-state index is -0.491. The number of hydrogen-bond acceptors (Lipinski definition) is 4. The quantitative estimate of drug-likeness (QED) is 0.899. The number of nitrogens with one attached hydrogen (secondary N) is 2. The maximum atomic E-state index is 11.4. The number of benzene rings is 1. The summed E-state index contributed by atoms with van der Waals surface area (Å²) in [7, 11) is 0. The smallest absolute Gasteiger partial charge is 0.411 e. The number of hydrogen-bond donors (Lipinski definition) is 2. The molecule has 20 heavy (non-hydrogen) atoms. The number of nitrogens with zero attached hydrogens (tertiary/aromatic N) is 1. The summed E-state index contributed by atoms with van der Waals surface area (Å²) in [5.41, 5.74) is 1.87. The first kappa shape index (κ1) is 13.8. The zero-order chi connectivity index (χ0) is 14.5. The Balaban J connectivity index is 2.08. The molecule has 2 rings (SSSR count). The summed E-state index contributed by atoms with van der Waals surface area (Å²) in [6, 6.07) is 10.1. The summed E-state index contributed by atoms with van der Waals surface area (Å²) in [4.78, 5) is 22.4. The van der Waals surface area contributed by atoms with Crippen molar-refractivity contribution < 1.29 is 9.53 Å². The summed E-state index contributed by atoms with van der Waals surface area (Å²) in [6.07, 6.45) is -0.658. The molecule has 1 heterocycles. The van der Waals surface area contributed by atoms with Gasteiger partial charge in [-0.15, -0.1) is 0 Å². The Labute approximate surface area is 115 Å². The van der Waals surface area contributed by atoms with Crippen molar-refractivity contribution in [1.82, 2.24) is 10.2 Å². The molecule has 104 valence electrons. The van der Waals surface area contributed by atoms with Crippen LogP contribution in [0, 0.1) is 0 Å². The van der Waals surface area contributed by atoms with Crippen LogP contribution in [0.25, 0.3) is 11.3 Å². The number of amides is 1. The fraction of sp³-hybridized carbons (Fsp3) is 0.214. The third-order valence-corrected chi connectivity index (χ3v) is 2.45. The first-order chi connectivity index (χ1) is 9.54. The van der Waals surface area contributed by atoms with Crippen molar-refractivity contribution in [3.8, 4) is 11.3 Å². The van der Waals surface area contributed by atoms with Crippen molar-refractivity contribution >= 4 is 11.8 Å². The molecule has 0 fully saturated rings. The minimum Gasteiger partial charge on any atom is -0.447 e. The predicted molar refractivity (Wildman–Crippen MR) is 75.5 cm³/mol. The number of aromatic amines is 1. The van der Waals surface area contributed by atoms with Crippen LogP contribution in [0.15, 0.2) is 41.2 Å². The van der Waals surface area contributed by atoms with Crippen LogP contribution >= 0.6 is 0 Å². The maximum absolute atomic E-state index is 11.4. The van der Waals surface area contributed by atoms with E-state index in [-0.39, 0.29) is 11.7 Å². The van der Waals surface area contributed by atoms with Gasteiger partial charge in [-0.1, -0.05) is 12.1 Å². The van der Waals surface area contributed by atoms with Gasteiger partial charge >= 0.3 is 6.09 Å². The van der Waals surface area contributed by atoms with Crippen molar-refractivity contribution in [3.63, 3.8) is 0 Å². The van der Waals surface area contributed by atoms with E-state index in [4.69, 9.17) is 4.74 Å². The van der Waals surface area contributed by atoms with E-state index in [1.807, 2.05) is 0 Å². The molecule has 0 aliphatic carbocycles. The molecule has 6 nitrogen and oxygen atoms in total. The highest BCUT2D eigenvalue weighted by Crippen LogP contribution is 2.18. The second-order valence-electron chi connectivity index (χ2n) is 4.46. The van der Waals surface area contributed by atoms with Gasteiger partial charge in [-0.3, -0.25) is 10.1 Å². The highest BCUT2D eigenvalue weighted by atomic mass is 16.6. The van der Waals surface area contributed by atoms with Crippen LogP contribution < -0.4 is 10.9 Å². The Hall–Kier alpha value is -2.63. The lowest BCUT2D eigenvalue weighted by molar-refractivity contribution is 0.130. The number of aromatic nitrogens is 2. The van der Waals surface area contributed by atoms with E-state index in [2.05, 4.69) is 15.5 Å². The summed E-state index contributed by atoms with van der Waals surface area (Å²) >= 11 is 0. The Morgan fingerprint density at radius 3 is 2.45 bits per heavy atom. The molecule has 0 saturated heterocycles. The molecule has 1 aromatic carbocycles. The average molecular weight is 273 g/mol. The lowest BCUT2D eigenvalue weighted by atomic mass is 10.1. The highest BCUT2D eigenvalue weighted by Gasteiger charge is 2.06. The first-order valence-electron chi connectivity index (χ1n) is 6.18. The molecule has 0 unspecified atom stereocenters. The molecule has 0 radical (unpaired) electrons. The third kappa shape index (κ3) is 3.68. The topological polar surface area (TPSA) is 84.1 Å². The van der Waals surface area contributed by atoms with Gasteiger partial charge in [0, 0.05) is 17.3 Å². The Morgan fingerprint density at radius 1 is 1.20 bits per heavy atom. The highest BCUT2D eigenvalue weighted by molar-refractivity contribution is 5.85. The molecule has 0 atom stereocenters. The average Bonchev–Trinajstić information content (AvgIpc) is 2.39. The normalized spacial score (nSPS) is 10.3. The van der Waals surface area contributed by atoms with E-state index < -0.39 is 6.09 Å². The summed E-state index contributed by atoms with van der Waals surface area (Å²) in [5, 5.41) is 8.92. The summed E-state index contributed by atoms with van der Waals surface area (Å²) in [6.45, 7) is 3.56. The van der Waals surface area contributed by atoms with Crippen molar-refractivity contribution in [2.45, 2.75) is 20.0 Å². The standard InChI is InChI=1S/C14H15N3O3/c1-9(2)20-14(19)15-11-5-3-10(4-6-11)12-7-8-13(18)17-16-12/h3-9H,1-2H3,(H,15,19)(H,17,18). The molecule has 0 saturated carbocycles. The molecule has 1 amide bonds. The van der Waals surface area contributed by atoms with Crippen LogP contribution in [-0.4, -0.2) is 22.4 Å². The van der Waals surface area contributed by atoms with Crippen LogP contribution in [0.5, 0.6) is 0 Å². The van der Waals surface area contributed by atoms with E-state index in [1.54, 1.807) is 44.2 Å². The van der Waals surface area contributed by atoms with Crippen LogP contribution in [0.3, 0.4) is 0 Å². The summed E-state index contributed by atoms with van der Waals surface area (Å²) in [5.74, 6) is 0. The van der Waals surface area contributed by atoms with Gasteiger partial charge in [0.05, 0.1) is 11.8 Å². The van der Waals surface area contributed by atoms with Crippen molar-refractivity contribution in [2.75, 3.05) is 5.32 Å². The molecule has 6 heteroatoms. The SMILES string of the molecule is CC(C)OC(=O)Nc1ccc(-c2ccc(=O)[nH]n2)cc1. The van der Waals surface area contributed by atoms with Gasteiger partial charge in [0.15, 0.2) is 0 Å². The van der Waals surface area contributed by atoms with Gasteiger partial charge in [0.2, 0.25) is 0 Å². The zero-order valence-corrected chi connectivity index (χ0v) is 11.2. The first-order valence-corrected chi connectivity index (χ1v) is 6.18.